The summed E-state index contributed by atoms with van der Waals surface area (Å²) in [7, 11) is -3.69. The van der Waals surface area contributed by atoms with Crippen LogP contribution in [0.4, 0.5) is 0 Å². The summed E-state index contributed by atoms with van der Waals surface area (Å²) < 4.78 is 22.6. The lowest BCUT2D eigenvalue weighted by atomic mass is 10.1. The number of likely N-dealkylation sites (tertiary alicyclic amines) is 1. The number of hydrogen-bond donors (Lipinski definition) is 1. The summed E-state index contributed by atoms with van der Waals surface area (Å²) in [5.41, 5.74) is 0.799. The molecule has 1 aromatic rings. The van der Waals surface area contributed by atoms with Crippen molar-refractivity contribution in [2.75, 3.05) is 6.54 Å². The van der Waals surface area contributed by atoms with E-state index in [1.54, 1.807) is 12.1 Å². The molecular formula is C12H15ClN2O3S. The summed E-state index contributed by atoms with van der Waals surface area (Å²) in [6.45, 7) is 1.94. The molecule has 2 rings (SSSR count). The number of carbonyl (C=O) groups excluding carboxylic acids is 1. The fourth-order valence-corrected chi connectivity index (χ4v) is 3.31. The van der Waals surface area contributed by atoms with Gasteiger partial charge in [-0.05, 0) is 18.6 Å². The number of primary sulfonamides is 1. The maximum Gasteiger partial charge on any atom is 0.224 e. The smallest absolute Gasteiger partial charge is 0.224 e. The fraction of sp³-hybridized carbons (Fsp3) is 0.417. The topological polar surface area (TPSA) is 80.5 Å². The van der Waals surface area contributed by atoms with Crippen molar-refractivity contribution in [3.8, 4) is 0 Å². The highest BCUT2D eigenvalue weighted by molar-refractivity contribution is 7.89. The van der Waals surface area contributed by atoms with Gasteiger partial charge in [0.25, 0.3) is 0 Å². The van der Waals surface area contributed by atoms with Gasteiger partial charge in [-0.1, -0.05) is 29.8 Å². The van der Waals surface area contributed by atoms with Crippen molar-refractivity contribution in [3.63, 3.8) is 0 Å². The van der Waals surface area contributed by atoms with E-state index in [1.807, 2.05) is 19.1 Å². The number of halogens is 1. The van der Waals surface area contributed by atoms with E-state index in [1.165, 1.54) is 4.90 Å². The van der Waals surface area contributed by atoms with Crippen molar-refractivity contribution < 1.29 is 13.2 Å². The number of carbonyl (C=O) groups is 1. The zero-order chi connectivity index (χ0) is 14.2. The summed E-state index contributed by atoms with van der Waals surface area (Å²) in [5, 5.41) is 4.83. The van der Waals surface area contributed by atoms with Crippen LogP contribution in [0.15, 0.2) is 24.3 Å². The minimum Gasteiger partial charge on any atom is -0.334 e. The molecule has 0 aromatic heterocycles. The molecule has 0 aliphatic carbocycles. The van der Waals surface area contributed by atoms with E-state index < -0.39 is 15.3 Å². The Morgan fingerprint density at radius 3 is 2.58 bits per heavy atom. The molecule has 1 aromatic carbocycles. The van der Waals surface area contributed by atoms with Gasteiger partial charge >= 0.3 is 0 Å². The number of benzene rings is 1. The average Bonchev–Trinajstić information content (AvgIpc) is 2.71. The number of rotatable bonds is 3. The van der Waals surface area contributed by atoms with Crippen LogP contribution in [0.25, 0.3) is 0 Å². The molecule has 1 saturated heterocycles. The second-order valence-electron chi connectivity index (χ2n) is 4.66. The number of amides is 1. The predicted molar refractivity (Wildman–Crippen MR) is 73.1 cm³/mol. The van der Waals surface area contributed by atoms with Gasteiger partial charge in [-0.15, -0.1) is 0 Å². The van der Waals surface area contributed by atoms with E-state index in [0.717, 1.165) is 5.56 Å². The molecule has 104 valence electrons. The van der Waals surface area contributed by atoms with Gasteiger partial charge in [0.2, 0.25) is 15.9 Å². The van der Waals surface area contributed by atoms with Gasteiger partial charge in [-0.25, -0.2) is 13.6 Å². The molecule has 0 bridgehead atoms. The third-order valence-electron chi connectivity index (χ3n) is 3.41. The highest BCUT2D eigenvalue weighted by Crippen LogP contribution is 2.31. The Balaban J connectivity index is 2.24. The SMILES string of the molecule is CC(c1ccccc1Cl)N1CC(S(N)(=O)=O)CC1=O. The minimum absolute atomic E-state index is 0.0619. The monoisotopic (exact) mass is 302 g/mol. The lowest BCUT2D eigenvalue weighted by Crippen LogP contribution is -2.33. The van der Waals surface area contributed by atoms with Gasteiger partial charge < -0.3 is 4.90 Å². The summed E-state index contributed by atoms with van der Waals surface area (Å²) in [4.78, 5) is 13.4. The number of nitrogens with two attached hydrogens (primary N) is 1. The number of nitrogens with zero attached hydrogens (tertiary/aromatic N) is 1. The maximum absolute atomic E-state index is 11.9. The van der Waals surface area contributed by atoms with Crippen molar-refractivity contribution in [2.24, 2.45) is 5.14 Å². The molecule has 1 amide bonds. The van der Waals surface area contributed by atoms with Crippen molar-refractivity contribution >= 4 is 27.5 Å². The van der Waals surface area contributed by atoms with Gasteiger partial charge in [0.1, 0.15) is 5.25 Å². The Labute approximate surface area is 117 Å². The van der Waals surface area contributed by atoms with Gasteiger partial charge in [-0.2, -0.15) is 0 Å². The average molecular weight is 303 g/mol. The van der Waals surface area contributed by atoms with Crippen molar-refractivity contribution in [1.29, 1.82) is 0 Å². The van der Waals surface area contributed by atoms with Crippen molar-refractivity contribution in [2.45, 2.75) is 24.6 Å². The first-order chi connectivity index (χ1) is 8.80. The molecule has 5 nitrogen and oxygen atoms in total. The second-order valence-corrected chi connectivity index (χ2v) is 6.91. The number of hydrogen-bond acceptors (Lipinski definition) is 3. The molecule has 2 atom stereocenters. The van der Waals surface area contributed by atoms with Gasteiger partial charge in [-0.3, -0.25) is 4.79 Å². The largest absolute Gasteiger partial charge is 0.334 e. The minimum atomic E-state index is -3.69. The first kappa shape index (κ1) is 14.3. The molecule has 1 heterocycles. The van der Waals surface area contributed by atoms with E-state index in [4.69, 9.17) is 16.7 Å². The molecule has 1 fully saturated rings. The lowest BCUT2D eigenvalue weighted by Gasteiger charge is -2.25. The Hall–Kier alpha value is -1.11. The lowest BCUT2D eigenvalue weighted by molar-refractivity contribution is -0.129. The molecule has 7 heteroatoms. The van der Waals surface area contributed by atoms with Crippen LogP contribution in [0, 0.1) is 0 Å². The zero-order valence-corrected chi connectivity index (χ0v) is 12.0. The van der Waals surface area contributed by atoms with Crippen molar-refractivity contribution in [3.05, 3.63) is 34.9 Å². The van der Waals surface area contributed by atoms with E-state index in [9.17, 15) is 13.2 Å². The quantitative estimate of drug-likeness (QED) is 0.913. The molecule has 0 radical (unpaired) electrons. The molecule has 0 saturated carbocycles. The first-order valence-corrected chi connectivity index (χ1v) is 7.85. The predicted octanol–water partition coefficient (Wildman–Crippen LogP) is 1.29. The Kier molecular flexibility index (Phi) is 3.85. The third-order valence-corrected chi connectivity index (χ3v) is 5.00. The second kappa shape index (κ2) is 5.11. The fourth-order valence-electron chi connectivity index (χ4n) is 2.27. The zero-order valence-electron chi connectivity index (χ0n) is 10.4. The van der Waals surface area contributed by atoms with Crippen LogP contribution < -0.4 is 5.14 Å². The molecule has 19 heavy (non-hydrogen) atoms. The van der Waals surface area contributed by atoms with Gasteiger partial charge in [0, 0.05) is 18.0 Å². The molecule has 0 spiro atoms. The van der Waals surface area contributed by atoms with Crippen LogP contribution in [-0.2, 0) is 14.8 Å². The Morgan fingerprint density at radius 2 is 2.05 bits per heavy atom. The summed E-state index contributed by atoms with van der Waals surface area (Å²) in [5.74, 6) is -0.216. The van der Waals surface area contributed by atoms with Crippen LogP contribution in [0.3, 0.4) is 0 Å². The maximum atomic E-state index is 11.9. The normalized spacial score (nSPS) is 21.7. The Bertz CT molecular complexity index is 603. The first-order valence-electron chi connectivity index (χ1n) is 5.86. The molecule has 1 aliphatic heterocycles. The Morgan fingerprint density at radius 1 is 1.42 bits per heavy atom. The van der Waals surface area contributed by atoms with Crippen LogP contribution in [0.5, 0.6) is 0 Å². The molecular weight excluding hydrogens is 288 g/mol. The number of sulfonamides is 1. The van der Waals surface area contributed by atoms with Crippen LogP contribution in [0.2, 0.25) is 5.02 Å². The standard InChI is InChI=1S/C12H15ClN2O3S/c1-8(10-4-2-3-5-11(10)13)15-7-9(6-12(15)16)19(14,17)18/h2-5,8-9H,6-7H2,1H3,(H2,14,17,18). The summed E-state index contributed by atoms with van der Waals surface area (Å²) in [6, 6.07) is 6.93. The summed E-state index contributed by atoms with van der Waals surface area (Å²) >= 11 is 6.09. The summed E-state index contributed by atoms with van der Waals surface area (Å²) in [6.07, 6.45) is -0.0619. The van der Waals surface area contributed by atoms with Crippen molar-refractivity contribution in [1.82, 2.24) is 4.90 Å². The van der Waals surface area contributed by atoms with E-state index in [2.05, 4.69) is 0 Å². The van der Waals surface area contributed by atoms with Crippen LogP contribution in [0.1, 0.15) is 24.9 Å². The molecule has 2 N–H and O–H groups in total. The molecule has 1 aliphatic rings. The molecule has 2 unspecified atom stereocenters. The van der Waals surface area contributed by atoms with E-state index in [0.29, 0.717) is 5.02 Å². The van der Waals surface area contributed by atoms with E-state index in [-0.39, 0.29) is 24.9 Å². The van der Waals surface area contributed by atoms with Gasteiger partial charge in [0.05, 0.1) is 6.04 Å². The van der Waals surface area contributed by atoms with Crippen LogP contribution in [-0.4, -0.2) is 31.0 Å². The highest BCUT2D eigenvalue weighted by atomic mass is 35.5. The highest BCUT2D eigenvalue weighted by Gasteiger charge is 2.39. The third kappa shape index (κ3) is 2.91. The van der Waals surface area contributed by atoms with Gasteiger partial charge in [0.15, 0.2) is 0 Å². The van der Waals surface area contributed by atoms with E-state index >= 15 is 0 Å². The van der Waals surface area contributed by atoms with Crippen LogP contribution >= 0.6 is 11.6 Å².